The van der Waals surface area contributed by atoms with Crippen molar-refractivity contribution in [2.45, 2.75) is 38.5 Å². The molecule has 0 spiro atoms. The molecule has 0 atom stereocenters. The summed E-state index contributed by atoms with van der Waals surface area (Å²) >= 11 is 0. The Hall–Kier alpha value is -3.92. The first-order chi connectivity index (χ1) is 16.3. The van der Waals surface area contributed by atoms with Gasteiger partial charge < -0.3 is 5.11 Å². The van der Waals surface area contributed by atoms with Gasteiger partial charge in [0.15, 0.2) is 0 Å². The van der Waals surface area contributed by atoms with Crippen molar-refractivity contribution < 1.29 is 5.11 Å². The first kappa shape index (κ1) is 21.9. The summed E-state index contributed by atoms with van der Waals surface area (Å²) in [6.45, 7) is 8.85. The molecule has 1 aromatic heterocycles. The third-order valence-electron chi connectivity index (χ3n) is 7.11. The van der Waals surface area contributed by atoms with E-state index in [-0.39, 0.29) is 5.41 Å². The van der Waals surface area contributed by atoms with Crippen LogP contribution in [0.15, 0.2) is 91.0 Å². The number of hydrogen-bond donors (Lipinski definition) is 2. The fourth-order valence-electron chi connectivity index (χ4n) is 4.78. The summed E-state index contributed by atoms with van der Waals surface area (Å²) in [7, 11) is 0. The van der Waals surface area contributed by atoms with Gasteiger partial charge in [-0.1, -0.05) is 107 Å². The molecule has 0 aliphatic rings. The first-order valence-electron chi connectivity index (χ1n) is 11.6. The van der Waals surface area contributed by atoms with E-state index in [0.717, 1.165) is 33.3 Å². The predicted molar refractivity (Wildman–Crippen MR) is 138 cm³/mol. The van der Waals surface area contributed by atoms with Gasteiger partial charge in [-0.05, 0) is 34.4 Å². The van der Waals surface area contributed by atoms with Crippen molar-refractivity contribution >= 4 is 11.0 Å². The maximum absolute atomic E-state index is 10.7. The number of nitrogens with one attached hydrogen (secondary N) is 1. The van der Waals surface area contributed by atoms with Crippen LogP contribution in [0.5, 0.6) is 5.75 Å². The molecule has 0 aliphatic heterocycles. The van der Waals surface area contributed by atoms with Gasteiger partial charge in [-0.15, -0.1) is 0 Å². The van der Waals surface area contributed by atoms with E-state index < -0.39 is 5.41 Å². The lowest BCUT2D eigenvalue weighted by molar-refractivity contribution is 0.453. The lowest BCUT2D eigenvalue weighted by Crippen LogP contribution is -2.23. The minimum absolute atomic E-state index is 0.224. The molecular weight excluding hydrogens is 418 g/mol. The molecule has 34 heavy (non-hydrogen) atoms. The van der Waals surface area contributed by atoms with Gasteiger partial charge in [0.05, 0.1) is 0 Å². The highest BCUT2D eigenvalue weighted by atomic mass is 16.3. The van der Waals surface area contributed by atoms with Crippen LogP contribution in [0.1, 0.15) is 49.9 Å². The Labute approximate surface area is 200 Å². The van der Waals surface area contributed by atoms with Crippen LogP contribution < -0.4 is 0 Å². The van der Waals surface area contributed by atoms with Gasteiger partial charge in [-0.3, -0.25) is 0 Å². The van der Waals surface area contributed by atoms with Crippen LogP contribution in [0.25, 0.3) is 22.2 Å². The number of benzene rings is 4. The van der Waals surface area contributed by atoms with Gasteiger partial charge in [-0.25, -0.2) is 0 Å². The van der Waals surface area contributed by atoms with Crippen molar-refractivity contribution in [2.75, 3.05) is 0 Å². The zero-order chi connectivity index (χ0) is 23.9. The second kappa shape index (κ2) is 8.14. The van der Waals surface area contributed by atoms with E-state index in [1.807, 2.05) is 36.4 Å². The molecule has 0 radical (unpaired) electrons. The van der Waals surface area contributed by atoms with E-state index in [2.05, 4.69) is 91.6 Å². The van der Waals surface area contributed by atoms with E-state index in [1.165, 1.54) is 11.1 Å². The van der Waals surface area contributed by atoms with Crippen molar-refractivity contribution in [3.63, 3.8) is 0 Å². The SMILES string of the molecule is CC(C)(c1ccccc1)c1cc(-c2cccc3n[nH]nc23)cc(C(C)(C)c2ccccc2O)c1. The number of fused-ring (bicyclic) bond motifs is 1. The monoisotopic (exact) mass is 447 g/mol. The average Bonchev–Trinajstić information content (AvgIpc) is 3.33. The highest BCUT2D eigenvalue weighted by Gasteiger charge is 2.30. The molecular formula is C30H29N3O. The highest BCUT2D eigenvalue weighted by molar-refractivity contribution is 5.91. The number of nitrogens with zero attached hydrogens (tertiary/aromatic N) is 2. The minimum Gasteiger partial charge on any atom is -0.508 e. The van der Waals surface area contributed by atoms with Crippen LogP contribution in [0, 0.1) is 0 Å². The molecule has 1 heterocycles. The molecule has 4 aromatic carbocycles. The van der Waals surface area contributed by atoms with Gasteiger partial charge in [0.2, 0.25) is 0 Å². The van der Waals surface area contributed by atoms with E-state index in [1.54, 1.807) is 6.07 Å². The Kier molecular flexibility index (Phi) is 5.24. The quantitative estimate of drug-likeness (QED) is 0.305. The Morgan fingerprint density at radius 2 is 1.32 bits per heavy atom. The van der Waals surface area contributed by atoms with E-state index >= 15 is 0 Å². The molecule has 2 N–H and O–H groups in total. The third-order valence-corrected chi connectivity index (χ3v) is 7.11. The van der Waals surface area contributed by atoms with Gasteiger partial charge in [0, 0.05) is 22.0 Å². The lowest BCUT2D eigenvalue weighted by atomic mass is 9.72. The van der Waals surface area contributed by atoms with E-state index in [4.69, 9.17) is 0 Å². The molecule has 4 heteroatoms. The fourth-order valence-corrected chi connectivity index (χ4v) is 4.78. The summed E-state index contributed by atoms with van der Waals surface area (Å²) in [5, 5.41) is 22.2. The largest absolute Gasteiger partial charge is 0.508 e. The summed E-state index contributed by atoms with van der Waals surface area (Å²) in [4.78, 5) is 0. The standard InChI is InChI=1S/C30H29N3O/c1-29(2,21-11-6-5-7-12-21)22-17-20(24-13-10-15-26-28(24)32-33-31-26)18-23(19-22)30(3,4)25-14-8-9-16-27(25)34/h5-19,34H,1-4H3,(H,31,32,33). The van der Waals surface area contributed by atoms with Crippen molar-refractivity contribution in [3.05, 3.63) is 113 Å². The van der Waals surface area contributed by atoms with Gasteiger partial charge in [0.25, 0.3) is 0 Å². The number of H-pyrrole nitrogens is 1. The number of phenols is 1. The Morgan fingerprint density at radius 1 is 0.647 bits per heavy atom. The summed E-state index contributed by atoms with van der Waals surface area (Å²) in [5.74, 6) is 0.306. The normalized spacial score (nSPS) is 12.2. The van der Waals surface area contributed by atoms with Crippen LogP contribution >= 0.6 is 0 Å². The van der Waals surface area contributed by atoms with Crippen LogP contribution in [0.2, 0.25) is 0 Å². The van der Waals surface area contributed by atoms with E-state index in [0.29, 0.717) is 5.75 Å². The van der Waals surface area contributed by atoms with Gasteiger partial charge in [-0.2, -0.15) is 15.4 Å². The number of para-hydroxylation sites is 2. The Balaban J connectivity index is 1.77. The van der Waals surface area contributed by atoms with Crippen molar-refractivity contribution in [3.8, 4) is 16.9 Å². The summed E-state index contributed by atoms with van der Waals surface area (Å²) in [5.41, 5.74) is 7.65. The summed E-state index contributed by atoms with van der Waals surface area (Å²) in [6, 6.07) is 31.0. The molecule has 0 amide bonds. The van der Waals surface area contributed by atoms with Gasteiger partial charge in [0.1, 0.15) is 16.8 Å². The molecule has 5 rings (SSSR count). The van der Waals surface area contributed by atoms with E-state index in [9.17, 15) is 5.11 Å². The maximum atomic E-state index is 10.7. The molecule has 0 aliphatic carbocycles. The molecule has 4 nitrogen and oxygen atoms in total. The number of phenolic OH excluding ortho intramolecular Hbond substituents is 1. The molecule has 5 aromatic rings. The predicted octanol–water partition coefficient (Wildman–Crippen LogP) is 6.98. The molecule has 0 saturated heterocycles. The fraction of sp³-hybridized carbons (Fsp3) is 0.200. The van der Waals surface area contributed by atoms with Crippen LogP contribution in [0.4, 0.5) is 0 Å². The molecule has 0 saturated carbocycles. The third kappa shape index (κ3) is 3.65. The number of aromatic amines is 1. The average molecular weight is 448 g/mol. The topological polar surface area (TPSA) is 61.8 Å². The van der Waals surface area contributed by atoms with Crippen LogP contribution in [-0.2, 0) is 10.8 Å². The molecule has 0 fully saturated rings. The Bertz CT molecular complexity index is 1470. The molecule has 0 bridgehead atoms. The molecule has 170 valence electrons. The van der Waals surface area contributed by atoms with Crippen LogP contribution in [0.3, 0.4) is 0 Å². The smallest absolute Gasteiger partial charge is 0.120 e. The van der Waals surface area contributed by atoms with Crippen molar-refractivity contribution in [1.29, 1.82) is 0 Å². The second-order valence-electron chi connectivity index (χ2n) is 9.93. The Morgan fingerprint density at radius 3 is 2.06 bits per heavy atom. The van der Waals surface area contributed by atoms with Crippen molar-refractivity contribution in [1.82, 2.24) is 15.4 Å². The van der Waals surface area contributed by atoms with Crippen LogP contribution in [-0.4, -0.2) is 20.5 Å². The minimum atomic E-state index is -0.416. The molecule has 0 unspecified atom stereocenters. The number of aromatic hydroxyl groups is 1. The maximum Gasteiger partial charge on any atom is 0.120 e. The highest BCUT2D eigenvalue weighted by Crippen LogP contribution is 2.42. The van der Waals surface area contributed by atoms with Gasteiger partial charge >= 0.3 is 0 Å². The summed E-state index contributed by atoms with van der Waals surface area (Å²) in [6.07, 6.45) is 0. The number of hydrogen-bond acceptors (Lipinski definition) is 3. The zero-order valence-electron chi connectivity index (χ0n) is 20.0. The first-order valence-corrected chi connectivity index (χ1v) is 11.6. The summed E-state index contributed by atoms with van der Waals surface area (Å²) < 4.78 is 0. The number of rotatable bonds is 5. The van der Waals surface area contributed by atoms with Crippen molar-refractivity contribution in [2.24, 2.45) is 0 Å². The zero-order valence-corrected chi connectivity index (χ0v) is 20.0. The lowest BCUT2D eigenvalue weighted by Gasteiger charge is -2.32. The number of aromatic nitrogens is 3. The second-order valence-corrected chi connectivity index (χ2v) is 9.93.